The first-order valence-electron chi connectivity index (χ1n) is 9.02. The van der Waals surface area contributed by atoms with Crippen LogP contribution in [0.4, 0.5) is 0 Å². The lowest BCUT2D eigenvalue weighted by atomic mass is 9.85. The Balaban J connectivity index is 1.73. The fourth-order valence-corrected chi connectivity index (χ4v) is 4.15. The molecule has 3 nitrogen and oxygen atoms in total. The molecule has 3 rings (SSSR count). The summed E-state index contributed by atoms with van der Waals surface area (Å²) in [7, 11) is 0. The largest absolute Gasteiger partial charge is 0.396 e. The fourth-order valence-electron chi connectivity index (χ4n) is 4.15. The lowest BCUT2D eigenvalue weighted by Crippen LogP contribution is -2.39. The van der Waals surface area contributed by atoms with Crippen LogP contribution in [0.25, 0.3) is 0 Å². The van der Waals surface area contributed by atoms with Crippen molar-refractivity contribution in [2.45, 2.75) is 44.6 Å². The van der Waals surface area contributed by atoms with Crippen molar-refractivity contribution in [2.75, 3.05) is 32.8 Å². The number of fused-ring (bicyclic) bond motifs is 1. The summed E-state index contributed by atoms with van der Waals surface area (Å²) >= 11 is 0. The van der Waals surface area contributed by atoms with Crippen LogP contribution in [0.15, 0.2) is 24.3 Å². The second kappa shape index (κ2) is 8.09. The molecule has 1 unspecified atom stereocenters. The number of rotatable bonds is 6. The number of piperidine rings is 1. The van der Waals surface area contributed by atoms with E-state index < -0.39 is 0 Å². The van der Waals surface area contributed by atoms with E-state index in [4.69, 9.17) is 0 Å². The zero-order valence-electron chi connectivity index (χ0n) is 13.6. The van der Waals surface area contributed by atoms with Crippen molar-refractivity contribution in [3.05, 3.63) is 35.4 Å². The minimum atomic E-state index is 0.303. The summed E-state index contributed by atoms with van der Waals surface area (Å²) < 4.78 is 0. The average molecular weight is 302 g/mol. The molecule has 1 aromatic carbocycles. The number of nitrogens with one attached hydrogen (secondary N) is 1. The monoisotopic (exact) mass is 302 g/mol. The number of aryl methyl sites for hydroxylation is 1. The van der Waals surface area contributed by atoms with Crippen LogP contribution < -0.4 is 5.32 Å². The average Bonchev–Trinajstić information content (AvgIpc) is 2.59. The Bertz CT molecular complexity index is 457. The van der Waals surface area contributed by atoms with Crippen LogP contribution in [0, 0.1) is 5.92 Å². The maximum Gasteiger partial charge on any atom is 0.0443 e. The number of aliphatic hydroxyl groups is 1. The molecule has 1 atom stereocenters. The first kappa shape index (κ1) is 16.0. The number of hydrogen-bond acceptors (Lipinski definition) is 3. The van der Waals surface area contributed by atoms with Gasteiger partial charge in [0.25, 0.3) is 0 Å². The Morgan fingerprint density at radius 3 is 2.77 bits per heavy atom. The molecule has 0 radical (unpaired) electrons. The summed E-state index contributed by atoms with van der Waals surface area (Å²) in [5, 5.41) is 12.7. The second-order valence-corrected chi connectivity index (χ2v) is 6.87. The molecule has 0 saturated carbocycles. The van der Waals surface area contributed by atoms with E-state index in [1.165, 1.54) is 57.3 Å². The molecule has 1 aliphatic heterocycles. The quantitative estimate of drug-likeness (QED) is 0.848. The number of aliphatic hydroxyl groups excluding tert-OH is 1. The third kappa shape index (κ3) is 3.89. The highest BCUT2D eigenvalue weighted by atomic mass is 16.3. The van der Waals surface area contributed by atoms with E-state index in [1.807, 2.05) is 0 Å². The van der Waals surface area contributed by atoms with Gasteiger partial charge in [-0.25, -0.2) is 0 Å². The van der Waals surface area contributed by atoms with Gasteiger partial charge in [0.2, 0.25) is 0 Å². The lowest BCUT2D eigenvalue weighted by molar-refractivity contribution is 0.126. The van der Waals surface area contributed by atoms with Gasteiger partial charge < -0.3 is 10.4 Å². The van der Waals surface area contributed by atoms with Crippen molar-refractivity contribution in [1.82, 2.24) is 10.2 Å². The van der Waals surface area contributed by atoms with Gasteiger partial charge in [0.15, 0.2) is 0 Å². The summed E-state index contributed by atoms with van der Waals surface area (Å²) in [5.41, 5.74) is 3.08. The molecular weight excluding hydrogens is 272 g/mol. The van der Waals surface area contributed by atoms with Gasteiger partial charge in [-0.2, -0.15) is 0 Å². The van der Waals surface area contributed by atoms with E-state index in [0.29, 0.717) is 12.6 Å². The van der Waals surface area contributed by atoms with E-state index >= 15 is 0 Å². The van der Waals surface area contributed by atoms with Crippen molar-refractivity contribution in [1.29, 1.82) is 0 Å². The number of hydrogen-bond donors (Lipinski definition) is 2. The highest BCUT2D eigenvalue weighted by molar-refractivity contribution is 5.32. The van der Waals surface area contributed by atoms with Crippen LogP contribution in [0.3, 0.4) is 0 Å². The van der Waals surface area contributed by atoms with Gasteiger partial charge in [0, 0.05) is 25.7 Å². The maximum atomic E-state index is 9.28. The van der Waals surface area contributed by atoms with Crippen LogP contribution in [0.1, 0.15) is 49.3 Å². The molecule has 122 valence electrons. The molecule has 1 heterocycles. The predicted molar refractivity (Wildman–Crippen MR) is 91.0 cm³/mol. The Morgan fingerprint density at radius 2 is 1.95 bits per heavy atom. The smallest absolute Gasteiger partial charge is 0.0443 e. The Labute approximate surface area is 134 Å². The molecule has 1 saturated heterocycles. The fraction of sp³-hybridized carbons (Fsp3) is 0.684. The van der Waals surface area contributed by atoms with E-state index in [1.54, 1.807) is 5.56 Å². The molecule has 0 aromatic heterocycles. The second-order valence-electron chi connectivity index (χ2n) is 6.87. The van der Waals surface area contributed by atoms with Gasteiger partial charge in [-0.15, -0.1) is 0 Å². The van der Waals surface area contributed by atoms with Gasteiger partial charge in [0.05, 0.1) is 0 Å². The van der Waals surface area contributed by atoms with E-state index in [-0.39, 0.29) is 0 Å². The summed E-state index contributed by atoms with van der Waals surface area (Å²) in [5.74, 6) is 0.814. The molecular formula is C19H30N2O. The molecule has 1 fully saturated rings. The van der Waals surface area contributed by atoms with E-state index in [9.17, 15) is 5.11 Å². The Kier molecular flexibility index (Phi) is 5.88. The molecule has 0 spiro atoms. The van der Waals surface area contributed by atoms with Gasteiger partial charge in [-0.3, -0.25) is 4.90 Å². The van der Waals surface area contributed by atoms with Gasteiger partial charge in [0.1, 0.15) is 0 Å². The first-order chi connectivity index (χ1) is 10.9. The normalized spacial score (nSPS) is 22.7. The minimum Gasteiger partial charge on any atom is -0.396 e. The molecule has 0 amide bonds. The molecule has 0 bridgehead atoms. The highest BCUT2D eigenvalue weighted by Crippen LogP contribution is 2.35. The first-order valence-corrected chi connectivity index (χ1v) is 9.02. The molecule has 2 N–H and O–H groups in total. The van der Waals surface area contributed by atoms with Gasteiger partial charge >= 0.3 is 0 Å². The summed E-state index contributed by atoms with van der Waals surface area (Å²) in [6.07, 6.45) is 7.28. The molecule has 22 heavy (non-hydrogen) atoms. The topological polar surface area (TPSA) is 35.5 Å². The Hall–Kier alpha value is -0.900. The summed E-state index contributed by atoms with van der Waals surface area (Å²) in [6, 6.07) is 9.55. The molecule has 2 aliphatic rings. The van der Waals surface area contributed by atoms with Crippen molar-refractivity contribution in [3.63, 3.8) is 0 Å². The minimum absolute atomic E-state index is 0.303. The summed E-state index contributed by atoms with van der Waals surface area (Å²) in [4.78, 5) is 2.67. The summed E-state index contributed by atoms with van der Waals surface area (Å²) in [6.45, 7) is 4.86. The molecule has 1 aromatic rings. The maximum absolute atomic E-state index is 9.28. The van der Waals surface area contributed by atoms with Crippen molar-refractivity contribution in [2.24, 2.45) is 5.92 Å². The lowest BCUT2D eigenvalue weighted by Gasteiger charge is -2.38. The molecule has 1 aliphatic carbocycles. The van der Waals surface area contributed by atoms with Crippen molar-refractivity contribution in [3.8, 4) is 0 Å². The van der Waals surface area contributed by atoms with Crippen molar-refractivity contribution >= 4 is 0 Å². The van der Waals surface area contributed by atoms with Gasteiger partial charge in [-0.05, 0) is 68.7 Å². The van der Waals surface area contributed by atoms with E-state index in [0.717, 1.165) is 18.9 Å². The third-order valence-corrected chi connectivity index (χ3v) is 5.33. The van der Waals surface area contributed by atoms with Crippen LogP contribution in [0.5, 0.6) is 0 Å². The van der Waals surface area contributed by atoms with Crippen LogP contribution in [-0.2, 0) is 6.42 Å². The Morgan fingerprint density at radius 1 is 1.14 bits per heavy atom. The van der Waals surface area contributed by atoms with Crippen molar-refractivity contribution < 1.29 is 5.11 Å². The third-order valence-electron chi connectivity index (χ3n) is 5.33. The van der Waals surface area contributed by atoms with Crippen LogP contribution in [-0.4, -0.2) is 42.8 Å². The van der Waals surface area contributed by atoms with E-state index in [2.05, 4.69) is 34.5 Å². The standard InChI is InChI=1S/C19H30N2O/c22-14-4-13-21(15-16-9-11-20-12-10-16)19-8-3-6-17-5-1-2-7-18(17)19/h1-2,5,7,16,19-20,22H,3-4,6,8-15H2. The number of benzene rings is 1. The highest BCUT2D eigenvalue weighted by Gasteiger charge is 2.27. The zero-order valence-corrected chi connectivity index (χ0v) is 13.6. The SMILES string of the molecule is OCCCN(CC1CCNCC1)C1CCCc2ccccc21. The van der Waals surface area contributed by atoms with Gasteiger partial charge in [-0.1, -0.05) is 24.3 Å². The molecule has 3 heteroatoms. The predicted octanol–water partition coefficient (Wildman–Crippen LogP) is 2.75. The van der Waals surface area contributed by atoms with Crippen LogP contribution >= 0.6 is 0 Å². The van der Waals surface area contributed by atoms with Crippen LogP contribution in [0.2, 0.25) is 0 Å². The zero-order chi connectivity index (χ0) is 15.2. The number of nitrogens with zero attached hydrogens (tertiary/aromatic N) is 1.